The number of fused-ring (bicyclic) bond motifs is 1. The molecule has 2 aromatic heterocycles. The molecule has 0 saturated carbocycles. The molecule has 0 unspecified atom stereocenters. The van der Waals surface area contributed by atoms with Gasteiger partial charge >= 0.3 is 0 Å². The molecule has 4 aromatic rings. The summed E-state index contributed by atoms with van der Waals surface area (Å²) < 4.78 is 1.71. The van der Waals surface area contributed by atoms with E-state index in [-0.39, 0.29) is 11.5 Å². The molecule has 0 aliphatic rings. The summed E-state index contributed by atoms with van der Waals surface area (Å²) >= 11 is 1.44. The van der Waals surface area contributed by atoms with Crippen LogP contribution in [0.5, 0.6) is 0 Å². The van der Waals surface area contributed by atoms with Gasteiger partial charge in [-0.15, -0.1) is 16.4 Å². The summed E-state index contributed by atoms with van der Waals surface area (Å²) in [6.07, 6.45) is 1.54. The molecule has 7 heteroatoms. The average Bonchev–Trinajstić information content (AvgIpc) is 3.27. The van der Waals surface area contributed by atoms with Crippen molar-refractivity contribution in [2.24, 2.45) is 0 Å². The Morgan fingerprint density at radius 2 is 2.00 bits per heavy atom. The molecule has 142 valence electrons. The highest BCUT2D eigenvalue weighted by atomic mass is 32.1. The fourth-order valence-corrected chi connectivity index (χ4v) is 3.88. The highest BCUT2D eigenvalue weighted by molar-refractivity contribution is 7.15. The summed E-state index contributed by atoms with van der Waals surface area (Å²) in [5.41, 5.74) is 5.07. The van der Waals surface area contributed by atoms with Crippen LogP contribution in [0, 0.1) is 25.2 Å². The quantitative estimate of drug-likeness (QED) is 0.401. The van der Waals surface area contributed by atoms with Crippen LogP contribution in [-0.2, 0) is 4.79 Å². The monoisotopic (exact) mass is 399 g/mol. The Hall–Kier alpha value is -3.76. The summed E-state index contributed by atoms with van der Waals surface area (Å²) in [6.45, 7) is 4.11. The average molecular weight is 399 g/mol. The van der Waals surface area contributed by atoms with Crippen LogP contribution < -0.4 is 5.32 Å². The standard InChI is InChI=1S/C22H17N5OS/c1-14-8-9-18(15(2)10-14)19-13-29-22-25-21(26-27(19)22)24-20(28)17(12-23)11-16-6-4-3-5-7-16/h3-11,13H,1-2H3,(H,24,26,28)/b17-11+. The van der Waals surface area contributed by atoms with Crippen molar-refractivity contribution in [3.8, 4) is 17.3 Å². The van der Waals surface area contributed by atoms with Crippen molar-refractivity contribution < 1.29 is 4.79 Å². The van der Waals surface area contributed by atoms with Crippen molar-refractivity contribution in [3.05, 3.63) is 76.2 Å². The van der Waals surface area contributed by atoms with Gasteiger partial charge in [-0.05, 0) is 31.1 Å². The number of nitrogens with one attached hydrogen (secondary N) is 1. The Kier molecular flexibility index (Phi) is 4.94. The first-order valence-corrected chi connectivity index (χ1v) is 9.83. The van der Waals surface area contributed by atoms with E-state index in [0.717, 1.165) is 22.4 Å². The molecule has 0 atom stereocenters. The van der Waals surface area contributed by atoms with E-state index in [1.54, 1.807) is 4.52 Å². The fraction of sp³-hybridized carbons (Fsp3) is 0.0909. The van der Waals surface area contributed by atoms with E-state index in [0.29, 0.717) is 4.96 Å². The van der Waals surface area contributed by atoms with Crippen LogP contribution >= 0.6 is 11.3 Å². The van der Waals surface area contributed by atoms with Gasteiger partial charge in [-0.2, -0.15) is 10.2 Å². The number of rotatable bonds is 4. The maximum Gasteiger partial charge on any atom is 0.268 e. The molecular weight excluding hydrogens is 382 g/mol. The van der Waals surface area contributed by atoms with Crippen molar-refractivity contribution in [2.75, 3.05) is 5.32 Å². The zero-order chi connectivity index (χ0) is 20.4. The topological polar surface area (TPSA) is 83.1 Å². The van der Waals surface area contributed by atoms with Gasteiger partial charge in [0.1, 0.15) is 11.6 Å². The zero-order valence-corrected chi connectivity index (χ0v) is 16.7. The number of aryl methyl sites for hydroxylation is 2. The molecule has 0 radical (unpaired) electrons. The molecule has 0 bridgehead atoms. The van der Waals surface area contributed by atoms with Crippen molar-refractivity contribution in [2.45, 2.75) is 13.8 Å². The minimum Gasteiger partial charge on any atom is -0.288 e. The van der Waals surface area contributed by atoms with Crippen molar-refractivity contribution >= 4 is 34.2 Å². The molecule has 2 heterocycles. The lowest BCUT2D eigenvalue weighted by atomic mass is 10.0. The van der Waals surface area contributed by atoms with Gasteiger partial charge in [-0.1, -0.05) is 54.1 Å². The highest BCUT2D eigenvalue weighted by Crippen LogP contribution is 2.29. The normalized spacial score (nSPS) is 11.4. The number of carbonyl (C=O) groups excluding carboxylic acids is 1. The molecule has 0 fully saturated rings. The van der Waals surface area contributed by atoms with Gasteiger partial charge in [0, 0.05) is 10.9 Å². The van der Waals surface area contributed by atoms with Crippen molar-refractivity contribution in [3.63, 3.8) is 0 Å². The third-order valence-corrected chi connectivity index (χ3v) is 5.26. The zero-order valence-electron chi connectivity index (χ0n) is 15.9. The number of anilines is 1. The van der Waals surface area contributed by atoms with E-state index in [4.69, 9.17) is 0 Å². The second-order valence-corrected chi connectivity index (χ2v) is 7.44. The van der Waals surface area contributed by atoms with E-state index >= 15 is 0 Å². The number of amides is 1. The predicted octanol–water partition coefficient (Wildman–Crippen LogP) is 4.62. The molecule has 4 rings (SSSR count). The molecule has 2 aromatic carbocycles. The number of benzene rings is 2. The molecule has 29 heavy (non-hydrogen) atoms. The number of hydrogen-bond acceptors (Lipinski definition) is 5. The maximum absolute atomic E-state index is 12.5. The summed E-state index contributed by atoms with van der Waals surface area (Å²) in [4.78, 5) is 17.5. The molecule has 6 nitrogen and oxygen atoms in total. The predicted molar refractivity (Wildman–Crippen MR) is 114 cm³/mol. The van der Waals surface area contributed by atoms with Gasteiger partial charge in [-0.25, -0.2) is 4.52 Å². The summed E-state index contributed by atoms with van der Waals surface area (Å²) in [5, 5.41) is 18.4. The van der Waals surface area contributed by atoms with Crippen LogP contribution in [0.4, 0.5) is 5.95 Å². The largest absolute Gasteiger partial charge is 0.288 e. The Morgan fingerprint density at radius 1 is 1.21 bits per heavy atom. The van der Waals surface area contributed by atoms with Crippen LogP contribution in [0.2, 0.25) is 0 Å². The van der Waals surface area contributed by atoms with Gasteiger partial charge in [-0.3, -0.25) is 10.1 Å². The van der Waals surface area contributed by atoms with Gasteiger partial charge in [0.05, 0.1) is 5.69 Å². The van der Waals surface area contributed by atoms with Crippen LogP contribution in [-0.4, -0.2) is 20.5 Å². The molecule has 1 amide bonds. The van der Waals surface area contributed by atoms with Gasteiger partial charge < -0.3 is 0 Å². The van der Waals surface area contributed by atoms with E-state index in [9.17, 15) is 10.1 Å². The lowest BCUT2D eigenvalue weighted by molar-refractivity contribution is -0.112. The third kappa shape index (κ3) is 3.79. The molecule has 0 aliphatic carbocycles. The minimum atomic E-state index is -0.539. The van der Waals surface area contributed by atoms with Gasteiger partial charge in [0.2, 0.25) is 4.96 Å². The molecule has 0 aliphatic heterocycles. The van der Waals surface area contributed by atoms with E-state index in [1.165, 1.54) is 23.0 Å². The molecular formula is C22H17N5OS. The SMILES string of the molecule is Cc1ccc(-c2csc3nc(NC(=O)/C(C#N)=C/c4ccccc4)nn23)c(C)c1. The van der Waals surface area contributed by atoms with Crippen LogP contribution in [0.3, 0.4) is 0 Å². The Morgan fingerprint density at radius 3 is 2.72 bits per heavy atom. The number of thiazole rings is 1. The summed E-state index contributed by atoms with van der Waals surface area (Å²) in [6, 6.07) is 17.4. The molecule has 0 spiro atoms. The van der Waals surface area contributed by atoms with Crippen LogP contribution in [0.1, 0.15) is 16.7 Å². The molecule has 1 N–H and O–H groups in total. The number of nitriles is 1. The minimum absolute atomic E-state index is 0.0102. The first kappa shape index (κ1) is 18.6. The van der Waals surface area contributed by atoms with E-state index in [2.05, 4.69) is 47.4 Å². The lowest BCUT2D eigenvalue weighted by Gasteiger charge is -2.05. The number of hydrogen-bond donors (Lipinski definition) is 1. The van der Waals surface area contributed by atoms with Crippen molar-refractivity contribution in [1.29, 1.82) is 5.26 Å². The Bertz CT molecular complexity index is 1280. The van der Waals surface area contributed by atoms with Gasteiger partial charge in [0.25, 0.3) is 11.9 Å². The second kappa shape index (κ2) is 7.70. The number of carbonyl (C=O) groups is 1. The van der Waals surface area contributed by atoms with Crippen LogP contribution in [0.15, 0.2) is 59.5 Å². The Balaban J connectivity index is 1.62. The first-order valence-electron chi connectivity index (χ1n) is 8.95. The van der Waals surface area contributed by atoms with Crippen molar-refractivity contribution in [1.82, 2.24) is 14.6 Å². The van der Waals surface area contributed by atoms with Crippen LogP contribution in [0.25, 0.3) is 22.3 Å². The number of aromatic nitrogens is 3. The maximum atomic E-state index is 12.5. The highest BCUT2D eigenvalue weighted by Gasteiger charge is 2.16. The number of nitrogens with zero attached hydrogens (tertiary/aromatic N) is 4. The smallest absolute Gasteiger partial charge is 0.268 e. The van der Waals surface area contributed by atoms with Gasteiger partial charge in [0.15, 0.2) is 0 Å². The molecule has 0 saturated heterocycles. The fourth-order valence-electron chi connectivity index (χ4n) is 3.05. The first-order chi connectivity index (χ1) is 14.0. The lowest BCUT2D eigenvalue weighted by Crippen LogP contribution is -2.14. The van der Waals surface area contributed by atoms with E-state index < -0.39 is 5.91 Å². The summed E-state index contributed by atoms with van der Waals surface area (Å²) in [5.74, 6) is -0.371. The summed E-state index contributed by atoms with van der Waals surface area (Å²) in [7, 11) is 0. The second-order valence-electron chi connectivity index (χ2n) is 6.60. The third-order valence-electron chi connectivity index (χ3n) is 4.44. The Labute approximate surface area is 171 Å². The van der Waals surface area contributed by atoms with E-state index in [1.807, 2.05) is 41.8 Å².